The Bertz CT molecular complexity index is 153. The molecule has 0 unspecified atom stereocenters. The lowest BCUT2D eigenvalue weighted by molar-refractivity contribution is -0.117. The summed E-state index contributed by atoms with van der Waals surface area (Å²) in [6.07, 6.45) is 0.915. The van der Waals surface area contributed by atoms with E-state index in [2.05, 4.69) is 5.32 Å². The van der Waals surface area contributed by atoms with Crippen molar-refractivity contribution in [2.75, 3.05) is 5.75 Å². The third-order valence-electron chi connectivity index (χ3n) is 1.12. The topological polar surface area (TPSA) is 29.1 Å². The minimum Gasteiger partial charge on any atom is -0.329 e. The lowest BCUT2D eigenvalue weighted by atomic mass is 10.4. The summed E-state index contributed by atoms with van der Waals surface area (Å²) in [7, 11) is 0. The molecule has 9 heavy (non-hydrogen) atoms. The van der Waals surface area contributed by atoms with Crippen molar-refractivity contribution in [3.63, 3.8) is 0 Å². The summed E-state index contributed by atoms with van der Waals surface area (Å²) < 4.78 is 0. The standard InChI is InChI=1S/C6H9NOS/c1-2-5-3-9-4-6(8)7-5/h3H,2,4H2,1H3,(H,7,8). The molecule has 0 saturated heterocycles. The summed E-state index contributed by atoms with van der Waals surface area (Å²) in [5, 5.41) is 4.77. The maximum absolute atomic E-state index is 10.7. The molecule has 0 saturated carbocycles. The van der Waals surface area contributed by atoms with Gasteiger partial charge in [-0.15, -0.1) is 11.8 Å². The average molecular weight is 143 g/mol. The Morgan fingerprint density at radius 3 is 3.11 bits per heavy atom. The van der Waals surface area contributed by atoms with Crippen molar-refractivity contribution in [1.82, 2.24) is 5.32 Å². The van der Waals surface area contributed by atoms with E-state index in [0.717, 1.165) is 12.1 Å². The van der Waals surface area contributed by atoms with Gasteiger partial charge in [0.25, 0.3) is 0 Å². The van der Waals surface area contributed by atoms with Crippen molar-refractivity contribution in [3.8, 4) is 0 Å². The van der Waals surface area contributed by atoms with Gasteiger partial charge in [-0.1, -0.05) is 6.92 Å². The van der Waals surface area contributed by atoms with Gasteiger partial charge in [-0.05, 0) is 11.8 Å². The van der Waals surface area contributed by atoms with Gasteiger partial charge in [-0.25, -0.2) is 0 Å². The smallest absolute Gasteiger partial charge is 0.234 e. The second-order valence-electron chi connectivity index (χ2n) is 1.86. The Hall–Kier alpha value is -0.440. The zero-order valence-corrected chi connectivity index (χ0v) is 6.12. The van der Waals surface area contributed by atoms with E-state index in [1.807, 2.05) is 12.3 Å². The second kappa shape index (κ2) is 2.92. The van der Waals surface area contributed by atoms with E-state index < -0.39 is 0 Å². The van der Waals surface area contributed by atoms with Crippen LogP contribution in [-0.4, -0.2) is 11.7 Å². The van der Waals surface area contributed by atoms with E-state index in [0.29, 0.717) is 5.75 Å². The first-order valence-corrected chi connectivity index (χ1v) is 3.98. The van der Waals surface area contributed by atoms with Crippen molar-refractivity contribution in [2.45, 2.75) is 13.3 Å². The highest BCUT2D eigenvalue weighted by Crippen LogP contribution is 2.12. The Labute approximate surface area is 58.7 Å². The fourth-order valence-electron chi connectivity index (χ4n) is 0.634. The lowest BCUT2D eigenvalue weighted by Crippen LogP contribution is -2.26. The van der Waals surface area contributed by atoms with Gasteiger partial charge in [0.1, 0.15) is 0 Å². The predicted molar refractivity (Wildman–Crippen MR) is 39.0 cm³/mol. The highest BCUT2D eigenvalue weighted by atomic mass is 32.2. The maximum Gasteiger partial charge on any atom is 0.234 e. The number of amides is 1. The minimum absolute atomic E-state index is 0.124. The third kappa shape index (κ3) is 1.75. The van der Waals surface area contributed by atoms with Crippen molar-refractivity contribution >= 4 is 17.7 Å². The molecule has 0 bridgehead atoms. The quantitative estimate of drug-likeness (QED) is 0.595. The fraction of sp³-hybridized carbons (Fsp3) is 0.500. The molecule has 0 aromatic rings. The molecule has 1 aliphatic rings. The van der Waals surface area contributed by atoms with Gasteiger partial charge in [0.05, 0.1) is 5.75 Å². The summed E-state index contributed by atoms with van der Waals surface area (Å²) in [6, 6.07) is 0. The van der Waals surface area contributed by atoms with Gasteiger partial charge in [0, 0.05) is 5.70 Å². The van der Waals surface area contributed by atoms with Crippen molar-refractivity contribution in [2.24, 2.45) is 0 Å². The van der Waals surface area contributed by atoms with E-state index in [-0.39, 0.29) is 5.91 Å². The van der Waals surface area contributed by atoms with Crippen LogP contribution >= 0.6 is 11.8 Å². The van der Waals surface area contributed by atoms with Crippen LogP contribution in [0.3, 0.4) is 0 Å². The van der Waals surface area contributed by atoms with Crippen LogP contribution in [0.1, 0.15) is 13.3 Å². The molecule has 1 rings (SSSR count). The largest absolute Gasteiger partial charge is 0.329 e. The van der Waals surface area contributed by atoms with Crippen LogP contribution in [0.4, 0.5) is 0 Å². The second-order valence-corrected chi connectivity index (χ2v) is 2.71. The Balaban J connectivity index is 2.53. The normalized spacial score (nSPS) is 18.8. The maximum atomic E-state index is 10.7. The van der Waals surface area contributed by atoms with Crippen molar-refractivity contribution < 1.29 is 4.79 Å². The van der Waals surface area contributed by atoms with E-state index in [4.69, 9.17) is 0 Å². The Morgan fingerprint density at radius 1 is 1.89 bits per heavy atom. The van der Waals surface area contributed by atoms with E-state index >= 15 is 0 Å². The van der Waals surface area contributed by atoms with Crippen LogP contribution in [0.5, 0.6) is 0 Å². The van der Waals surface area contributed by atoms with Crippen molar-refractivity contribution in [1.29, 1.82) is 0 Å². The van der Waals surface area contributed by atoms with Gasteiger partial charge in [0.2, 0.25) is 5.91 Å². The Kier molecular flexibility index (Phi) is 2.16. The number of hydrogen-bond donors (Lipinski definition) is 1. The van der Waals surface area contributed by atoms with Gasteiger partial charge in [-0.2, -0.15) is 0 Å². The molecule has 1 aliphatic heterocycles. The predicted octanol–water partition coefficient (Wildman–Crippen LogP) is 1.10. The molecule has 0 radical (unpaired) electrons. The zero-order chi connectivity index (χ0) is 6.69. The van der Waals surface area contributed by atoms with Crippen LogP contribution in [0.2, 0.25) is 0 Å². The highest BCUT2D eigenvalue weighted by Gasteiger charge is 2.07. The van der Waals surface area contributed by atoms with Gasteiger partial charge in [-0.3, -0.25) is 4.79 Å². The van der Waals surface area contributed by atoms with E-state index in [9.17, 15) is 4.79 Å². The third-order valence-corrected chi connectivity index (χ3v) is 2.00. The fourth-order valence-corrected chi connectivity index (χ4v) is 1.37. The van der Waals surface area contributed by atoms with Crippen LogP contribution in [-0.2, 0) is 4.79 Å². The molecule has 1 amide bonds. The molecule has 0 aliphatic carbocycles. The molecular formula is C6H9NOS. The van der Waals surface area contributed by atoms with Crippen LogP contribution in [0, 0.1) is 0 Å². The SMILES string of the molecule is CCC1=CSCC(=O)N1. The zero-order valence-electron chi connectivity index (χ0n) is 5.31. The van der Waals surface area contributed by atoms with Crippen LogP contribution < -0.4 is 5.32 Å². The highest BCUT2D eigenvalue weighted by molar-refractivity contribution is 8.02. The molecule has 0 spiro atoms. The number of carbonyl (C=O) groups excluding carboxylic acids is 1. The summed E-state index contributed by atoms with van der Waals surface area (Å²) in [5.74, 6) is 0.697. The molecule has 0 aromatic heterocycles. The summed E-state index contributed by atoms with van der Waals surface area (Å²) in [5.41, 5.74) is 1.04. The number of nitrogens with one attached hydrogen (secondary N) is 1. The molecule has 50 valence electrons. The first-order valence-electron chi connectivity index (χ1n) is 2.93. The summed E-state index contributed by atoms with van der Waals surface area (Å²) in [4.78, 5) is 10.7. The molecular weight excluding hydrogens is 134 g/mol. The van der Waals surface area contributed by atoms with Gasteiger partial charge in [0.15, 0.2) is 0 Å². The average Bonchev–Trinajstić information content (AvgIpc) is 1.88. The van der Waals surface area contributed by atoms with Gasteiger partial charge >= 0.3 is 0 Å². The van der Waals surface area contributed by atoms with Gasteiger partial charge < -0.3 is 5.32 Å². The molecule has 1 N–H and O–H groups in total. The molecule has 0 aromatic carbocycles. The van der Waals surface area contributed by atoms with Crippen LogP contribution in [0.15, 0.2) is 11.1 Å². The lowest BCUT2D eigenvalue weighted by Gasteiger charge is -2.10. The number of rotatable bonds is 1. The summed E-state index contributed by atoms with van der Waals surface area (Å²) in [6.45, 7) is 2.03. The van der Waals surface area contributed by atoms with Crippen molar-refractivity contribution in [3.05, 3.63) is 11.1 Å². The summed E-state index contributed by atoms with van der Waals surface area (Å²) >= 11 is 1.56. The number of thioether (sulfide) groups is 1. The molecule has 0 atom stereocenters. The monoisotopic (exact) mass is 143 g/mol. The number of carbonyl (C=O) groups is 1. The van der Waals surface area contributed by atoms with Crippen LogP contribution in [0.25, 0.3) is 0 Å². The first-order chi connectivity index (χ1) is 4.33. The molecule has 1 heterocycles. The molecule has 3 heteroatoms. The first kappa shape index (κ1) is 6.68. The Morgan fingerprint density at radius 2 is 2.67 bits per heavy atom. The minimum atomic E-state index is 0.124. The van der Waals surface area contributed by atoms with E-state index in [1.54, 1.807) is 11.8 Å². The molecule has 0 fully saturated rings. The molecule has 2 nitrogen and oxygen atoms in total. The number of allylic oxidation sites excluding steroid dienone is 1. The number of hydrogen-bond acceptors (Lipinski definition) is 2. The van der Waals surface area contributed by atoms with E-state index in [1.165, 1.54) is 0 Å².